The standard InChI is InChI=1S/C12H10BrNO/c13-6-2-1-3-9-4-5-10-8-14-12(15)11(10)7-9/h4-5,7H,2,6,8H2,(H,14,15). The molecule has 0 fully saturated rings. The van der Waals surface area contributed by atoms with Crippen LogP contribution in [0.2, 0.25) is 0 Å². The quantitative estimate of drug-likeness (QED) is 0.610. The lowest BCUT2D eigenvalue weighted by Gasteiger charge is -1.95. The molecule has 0 radical (unpaired) electrons. The van der Waals surface area contributed by atoms with Crippen LogP contribution in [0.5, 0.6) is 0 Å². The average molecular weight is 264 g/mol. The number of hydrogen-bond acceptors (Lipinski definition) is 1. The smallest absolute Gasteiger partial charge is 0.251 e. The zero-order valence-electron chi connectivity index (χ0n) is 8.14. The number of nitrogens with one attached hydrogen (secondary N) is 1. The number of alkyl halides is 1. The fourth-order valence-corrected chi connectivity index (χ4v) is 1.70. The Morgan fingerprint density at radius 2 is 2.33 bits per heavy atom. The SMILES string of the molecule is O=C1NCc2ccc(C#CCCBr)cc21. The molecule has 1 aromatic carbocycles. The van der Waals surface area contributed by atoms with Crippen LogP contribution in [0.3, 0.4) is 0 Å². The van der Waals surface area contributed by atoms with Crippen molar-refractivity contribution < 1.29 is 4.79 Å². The molecule has 1 aromatic rings. The van der Waals surface area contributed by atoms with Gasteiger partial charge in [-0.25, -0.2) is 0 Å². The van der Waals surface area contributed by atoms with Crippen LogP contribution >= 0.6 is 15.9 Å². The van der Waals surface area contributed by atoms with Crippen molar-refractivity contribution in [1.29, 1.82) is 0 Å². The van der Waals surface area contributed by atoms with Gasteiger partial charge < -0.3 is 5.32 Å². The molecule has 3 heteroatoms. The van der Waals surface area contributed by atoms with Crippen molar-refractivity contribution in [1.82, 2.24) is 5.32 Å². The second kappa shape index (κ2) is 4.50. The van der Waals surface area contributed by atoms with Crippen molar-refractivity contribution in [3.63, 3.8) is 0 Å². The summed E-state index contributed by atoms with van der Waals surface area (Å²) in [6, 6.07) is 5.78. The van der Waals surface area contributed by atoms with E-state index in [0.717, 1.165) is 28.4 Å². The summed E-state index contributed by atoms with van der Waals surface area (Å²) in [5.74, 6) is 6.07. The van der Waals surface area contributed by atoms with E-state index < -0.39 is 0 Å². The largest absolute Gasteiger partial charge is 0.348 e. The minimum absolute atomic E-state index is 0.00846. The molecule has 0 saturated heterocycles. The van der Waals surface area contributed by atoms with Crippen LogP contribution in [0.4, 0.5) is 0 Å². The fourth-order valence-electron chi connectivity index (χ4n) is 1.50. The molecule has 0 aromatic heterocycles. The summed E-state index contributed by atoms with van der Waals surface area (Å²) in [5, 5.41) is 3.67. The lowest BCUT2D eigenvalue weighted by atomic mass is 10.1. The molecular formula is C12H10BrNO. The van der Waals surface area contributed by atoms with E-state index >= 15 is 0 Å². The lowest BCUT2D eigenvalue weighted by Crippen LogP contribution is -2.12. The van der Waals surface area contributed by atoms with E-state index in [1.165, 1.54) is 0 Å². The number of fused-ring (bicyclic) bond motifs is 1. The van der Waals surface area contributed by atoms with Gasteiger partial charge in [0.2, 0.25) is 0 Å². The first-order valence-corrected chi connectivity index (χ1v) is 5.89. The van der Waals surface area contributed by atoms with Crippen molar-refractivity contribution in [2.75, 3.05) is 5.33 Å². The number of carbonyl (C=O) groups is 1. The van der Waals surface area contributed by atoms with Gasteiger partial charge in [-0.2, -0.15) is 0 Å². The molecule has 0 saturated carbocycles. The minimum atomic E-state index is 0.00846. The fraction of sp³-hybridized carbons (Fsp3) is 0.250. The Morgan fingerprint density at radius 3 is 3.13 bits per heavy atom. The van der Waals surface area contributed by atoms with E-state index in [1.807, 2.05) is 18.2 Å². The van der Waals surface area contributed by atoms with Gasteiger partial charge in [-0.05, 0) is 17.7 Å². The van der Waals surface area contributed by atoms with E-state index in [4.69, 9.17) is 0 Å². The molecule has 1 aliphatic rings. The highest BCUT2D eigenvalue weighted by atomic mass is 79.9. The van der Waals surface area contributed by atoms with Gasteiger partial charge in [0.1, 0.15) is 0 Å². The van der Waals surface area contributed by atoms with Crippen LogP contribution in [0.15, 0.2) is 18.2 Å². The van der Waals surface area contributed by atoms with Gasteiger partial charge >= 0.3 is 0 Å². The molecule has 0 spiro atoms. The van der Waals surface area contributed by atoms with Crippen molar-refractivity contribution in [2.24, 2.45) is 0 Å². The number of rotatable bonds is 1. The second-order valence-corrected chi connectivity index (χ2v) is 4.09. The van der Waals surface area contributed by atoms with Gasteiger partial charge in [-0.3, -0.25) is 4.79 Å². The Labute approximate surface area is 97.2 Å². The summed E-state index contributed by atoms with van der Waals surface area (Å²) in [4.78, 5) is 11.4. The molecule has 1 aliphatic heterocycles. The highest BCUT2D eigenvalue weighted by Gasteiger charge is 2.17. The van der Waals surface area contributed by atoms with Crippen molar-refractivity contribution in [3.8, 4) is 11.8 Å². The lowest BCUT2D eigenvalue weighted by molar-refractivity contribution is 0.0965. The number of carbonyl (C=O) groups excluding carboxylic acids is 1. The molecular weight excluding hydrogens is 254 g/mol. The predicted octanol–water partition coefficient (Wildman–Crippen LogP) is 2.07. The van der Waals surface area contributed by atoms with Crippen LogP contribution in [0.25, 0.3) is 0 Å². The Bertz CT molecular complexity index is 456. The van der Waals surface area contributed by atoms with Gasteiger partial charge in [-0.15, -0.1) is 0 Å². The van der Waals surface area contributed by atoms with Gasteiger partial charge in [0, 0.05) is 29.4 Å². The first-order valence-electron chi connectivity index (χ1n) is 4.77. The van der Waals surface area contributed by atoms with Crippen molar-refractivity contribution in [2.45, 2.75) is 13.0 Å². The van der Waals surface area contributed by atoms with Crippen molar-refractivity contribution >= 4 is 21.8 Å². The molecule has 1 N–H and O–H groups in total. The van der Waals surface area contributed by atoms with E-state index in [9.17, 15) is 4.79 Å². The monoisotopic (exact) mass is 263 g/mol. The molecule has 1 heterocycles. The summed E-state index contributed by atoms with van der Waals surface area (Å²) < 4.78 is 0. The molecule has 0 bridgehead atoms. The summed E-state index contributed by atoms with van der Waals surface area (Å²) >= 11 is 3.32. The first-order chi connectivity index (χ1) is 7.31. The third-order valence-electron chi connectivity index (χ3n) is 2.25. The summed E-state index contributed by atoms with van der Waals surface area (Å²) in [6.45, 7) is 0.642. The van der Waals surface area contributed by atoms with Gasteiger partial charge in [0.05, 0.1) is 0 Å². The maximum atomic E-state index is 11.4. The minimum Gasteiger partial charge on any atom is -0.348 e. The summed E-state index contributed by atoms with van der Waals surface area (Å²) in [5.41, 5.74) is 2.73. The Kier molecular flexibility index (Phi) is 3.08. The highest BCUT2D eigenvalue weighted by Crippen LogP contribution is 2.16. The second-order valence-electron chi connectivity index (χ2n) is 3.30. The third-order valence-corrected chi connectivity index (χ3v) is 2.64. The first kappa shape index (κ1) is 10.3. The summed E-state index contributed by atoms with van der Waals surface area (Å²) in [7, 11) is 0. The topological polar surface area (TPSA) is 29.1 Å². The average Bonchev–Trinajstić information content (AvgIpc) is 2.61. The molecule has 76 valence electrons. The van der Waals surface area contributed by atoms with E-state index in [-0.39, 0.29) is 5.91 Å². The Morgan fingerprint density at radius 1 is 1.47 bits per heavy atom. The normalized spacial score (nSPS) is 12.7. The van der Waals surface area contributed by atoms with Crippen LogP contribution in [-0.2, 0) is 6.54 Å². The zero-order valence-corrected chi connectivity index (χ0v) is 9.73. The molecule has 15 heavy (non-hydrogen) atoms. The zero-order chi connectivity index (χ0) is 10.7. The Hall–Kier alpha value is -1.27. The number of hydrogen-bond donors (Lipinski definition) is 1. The summed E-state index contributed by atoms with van der Waals surface area (Å²) in [6.07, 6.45) is 0.823. The van der Waals surface area contributed by atoms with Gasteiger partial charge in [0.15, 0.2) is 0 Å². The van der Waals surface area contributed by atoms with Gasteiger partial charge in [0.25, 0.3) is 5.91 Å². The van der Waals surface area contributed by atoms with Crippen LogP contribution in [-0.4, -0.2) is 11.2 Å². The molecule has 2 nitrogen and oxygen atoms in total. The van der Waals surface area contributed by atoms with Crippen molar-refractivity contribution in [3.05, 3.63) is 34.9 Å². The Balaban J connectivity index is 2.27. The number of benzene rings is 1. The van der Waals surface area contributed by atoms with E-state index in [0.29, 0.717) is 6.54 Å². The van der Waals surface area contributed by atoms with Gasteiger partial charge in [-0.1, -0.05) is 33.8 Å². The molecule has 0 aliphatic carbocycles. The molecule has 0 atom stereocenters. The van der Waals surface area contributed by atoms with Crippen LogP contribution in [0.1, 0.15) is 27.9 Å². The van der Waals surface area contributed by atoms with Crippen LogP contribution < -0.4 is 5.32 Å². The van der Waals surface area contributed by atoms with E-state index in [2.05, 4.69) is 33.1 Å². The predicted molar refractivity (Wildman–Crippen MR) is 62.9 cm³/mol. The maximum absolute atomic E-state index is 11.4. The molecule has 0 unspecified atom stereocenters. The maximum Gasteiger partial charge on any atom is 0.251 e. The molecule has 2 rings (SSSR count). The van der Waals surface area contributed by atoms with Crippen LogP contribution in [0, 0.1) is 11.8 Å². The van der Waals surface area contributed by atoms with E-state index in [1.54, 1.807) is 0 Å². The number of amides is 1. The highest BCUT2D eigenvalue weighted by molar-refractivity contribution is 9.09. The molecule has 1 amide bonds. The number of halogens is 1. The third kappa shape index (κ3) is 2.21.